The van der Waals surface area contributed by atoms with Crippen LogP contribution in [0.3, 0.4) is 0 Å². The molecule has 0 spiro atoms. The smallest absolute Gasteiger partial charge is 0.292 e. The number of pyridine rings is 1. The first-order valence-corrected chi connectivity index (χ1v) is 8.21. The Balaban J connectivity index is 1.33. The maximum absolute atomic E-state index is 12.5. The van der Waals surface area contributed by atoms with Crippen LogP contribution in [0.1, 0.15) is 29.8 Å². The van der Waals surface area contributed by atoms with E-state index in [0.717, 1.165) is 25.0 Å². The Bertz CT molecular complexity index is 676. The third kappa shape index (κ3) is 2.99. The van der Waals surface area contributed by atoms with Crippen molar-refractivity contribution in [1.29, 1.82) is 0 Å². The van der Waals surface area contributed by atoms with Gasteiger partial charge in [0, 0.05) is 18.8 Å². The van der Waals surface area contributed by atoms with Gasteiger partial charge in [-0.3, -0.25) is 9.78 Å². The fraction of sp³-hybridized carbons (Fsp3) is 0.471. The monoisotopic (exact) mass is 329 g/mol. The topological polar surface area (TPSA) is 77.7 Å². The number of ether oxygens (including phenoxy) is 2. The molecule has 2 aliphatic heterocycles. The van der Waals surface area contributed by atoms with E-state index in [4.69, 9.17) is 14.0 Å². The average molecular weight is 329 g/mol. The number of carbonyl (C=O) groups is 1. The Morgan fingerprint density at radius 1 is 1.29 bits per heavy atom. The highest BCUT2D eigenvalue weighted by Gasteiger charge is 2.42. The predicted octanol–water partition coefficient (Wildman–Crippen LogP) is 1.91. The van der Waals surface area contributed by atoms with Crippen LogP contribution in [0.15, 0.2) is 41.3 Å². The second-order valence-corrected chi connectivity index (χ2v) is 6.10. The lowest BCUT2D eigenvalue weighted by atomic mass is 9.99. The van der Waals surface area contributed by atoms with Crippen molar-refractivity contribution < 1.29 is 18.8 Å². The number of fused-ring (bicyclic) bond motifs is 1. The van der Waals surface area contributed by atoms with E-state index < -0.39 is 0 Å². The van der Waals surface area contributed by atoms with E-state index in [1.807, 2.05) is 17.0 Å². The maximum Gasteiger partial charge on any atom is 0.292 e. The first kappa shape index (κ1) is 15.1. The Morgan fingerprint density at radius 3 is 3.04 bits per heavy atom. The SMILES string of the molecule is O=C(c1ccno1)N1CC[C@@H]2O[C@@H](COc3cccnc3)CC[C@@H]21. The Morgan fingerprint density at radius 2 is 2.25 bits per heavy atom. The van der Waals surface area contributed by atoms with Crippen LogP contribution in [0.5, 0.6) is 5.75 Å². The van der Waals surface area contributed by atoms with Crippen molar-refractivity contribution in [2.75, 3.05) is 13.2 Å². The Hall–Kier alpha value is -2.41. The van der Waals surface area contributed by atoms with Crippen molar-refractivity contribution in [2.45, 2.75) is 37.5 Å². The average Bonchev–Trinajstić information content (AvgIpc) is 3.30. The zero-order valence-electron chi connectivity index (χ0n) is 13.2. The van der Waals surface area contributed by atoms with Crippen LogP contribution in [0, 0.1) is 0 Å². The van der Waals surface area contributed by atoms with Crippen molar-refractivity contribution in [3.63, 3.8) is 0 Å². The van der Waals surface area contributed by atoms with Gasteiger partial charge in [-0.1, -0.05) is 5.16 Å². The summed E-state index contributed by atoms with van der Waals surface area (Å²) in [5, 5.41) is 3.61. The summed E-state index contributed by atoms with van der Waals surface area (Å²) in [6.45, 7) is 1.19. The Labute approximate surface area is 139 Å². The highest BCUT2D eigenvalue weighted by atomic mass is 16.5. The molecule has 7 heteroatoms. The summed E-state index contributed by atoms with van der Waals surface area (Å²) in [6.07, 6.45) is 7.62. The minimum atomic E-state index is -0.103. The number of likely N-dealkylation sites (tertiary alicyclic amines) is 1. The molecule has 0 unspecified atom stereocenters. The molecule has 0 aliphatic carbocycles. The van der Waals surface area contributed by atoms with Gasteiger partial charge in [-0.15, -0.1) is 0 Å². The highest BCUT2D eigenvalue weighted by Crippen LogP contribution is 2.32. The van der Waals surface area contributed by atoms with E-state index >= 15 is 0 Å². The number of rotatable bonds is 4. The molecule has 4 heterocycles. The van der Waals surface area contributed by atoms with Gasteiger partial charge in [0.15, 0.2) is 0 Å². The molecule has 4 rings (SSSR count). The molecule has 3 atom stereocenters. The molecule has 126 valence electrons. The first-order chi connectivity index (χ1) is 11.8. The number of carbonyl (C=O) groups excluding carboxylic acids is 1. The first-order valence-electron chi connectivity index (χ1n) is 8.21. The van der Waals surface area contributed by atoms with Crippen LogP contribution in [-0.4, -0.2) is 52.3 Å². The van der Waals surface area contributed by atoms with Gasteiger partial charge < -0.3 is 18.9 Å². The number of hydrogen-bond acceptors (Lipinski definition) is 6. The number of hydrogen-bond donors (Lipinski definition) is 0. The lowest BCUT2D eigenvalue weighted by molar-refractivity contribution is -0.0804. The van der Waals surface area contributed by atoms with Crippen molar-refractivity contribution in [3.8, 4) is 5.75 Å². The summed E-state index contributed by atoms with van der Waals surface area (Å²) in [4.78, 5) is 18.3. The molecule has 0 bridgehead atoms. The molecule has 0 N–H and O–H groups in total. The van der Waals surface area contributed by atoms with E-state index in [-0.39, 0.29) is 29.9 Å². The summed E-state index contributed by atoms with van der Waals surface area (Å²) in [7, 11) is 0. The summed E-state index contributed by atoms with van der Waals surface area (Å²) >= 11 is 0. The molecular formula is C17H19N3O4. The van der Waals surface area contributed by atoms with Crippen molar-refractivity contribution in [2.24, 2.45) is 0 Å². The zero-order valence-corrected chi connectivity index (χ0v) is 13.2. The molecule has 2 aromatic heterocycles. The summed E-state index contributed by atoms with van der Waals surface area (Å²) < 4.78 is 16.9. The fourth-order valence-corrected chi connectivity index (χ4v) is 3.46. The number of nitrogens with zero attached hydrogens (tertiary/aromatic N) is 3. The predicted molar refractivity (Wildman–Crippen MR) is 83.6 cm³/mol. The van der Waals surface area contributed by atoms with E-state index in [1.54, 1.807) is 18.5 Å². The van der Waals surface area contributed by atoms with Crippen molar-refractivity contribution in [3.05, 3.63) is 42.5 Å². The number of amides is 1. The molecule has 2 aromatic rings. The third-order valence-electron chi connectivity index (χ3n) is 4.62. The van der Waals surface area contributed by atoms with Gasteiger partial charge in [-0.2, -0.15) is 0 Å². The molecule has 2 saturated heterocycles. The minimum absolute atomic E-state index is 0.0480. The van der Waals surface area contributed by atoms with Gasteiger partial charge >= 0.3 is 0 Å². The van der Waals surface area contributed by atoms with E-state index in [1.165, 1.54) is 6.20 Å². The molecule has 0 radical (unpaired) electrons. The lowest BCUT2D eigenvalue weighted by Gasteiger charge is -2.35. The van der Waals surface area contributed by atoms with Crippen LogP contribution in [0.25, 0.3) is 0 Å². The second kappa shape index (κ2) is 6.60. The summed E-state index contributed by atoms with van der Waals surface area (Å²) in [5.41, 5.74) is 0. The summed E-state index contributed by atoms with van der Waals surface area (Å²) in [6, 6.07) is 5.43. The normalized spacial score (nSPS) is 26.2. The molecule has 2 fully saturated rings. The van der Waals surface area contributed by atoms with Crippen LogP contribution >= 0.6 is 0 Å². The van der Waals surface area contributed by atoms with Crippen LogP contribution in [-0.2, 0) is 4.74 Å². The quantitative estimate of drug-likeness (QED) is 0.853. The second-order valence-electron chi connectivity index (χ2n) is 6.10. The standard InChI is InChI=1S/C17H19N3O4/c21-17(16-5-8-19-24-16)20-9-6-15-14(20)4-3-13(23-15)11-22-12-2-1-7-18-10-12/h1-2,5,7-8,10,13-15H,3-4,6,9,11H2/t13-,14+,15+/m1/s1. The van der Waals surface area contributed by atoms with Gasteiger partial charge in [0.2, 0.25) is 5.76 Å². The van der Waals surface area contributed by atoms with Gasteiger partial charge in [0.25, 0.3) is 5.91 Å². The van der Waals surface area contributed by atoms with Crippen LogP contribution in [0.4, 0.5) is 0 Å². The number of aromatic nitrogens is 2. The van der Waals surface area contributed by atoms with Crippen molar-refractivity contribution in [1.82, 2.24) is 15.0 Å². The molecular weight excluding hydrogens is 310 g/mol. The summed E-state index contributed by atoms with van der Waals surface area (Å²) in [5.74, 6) is 0.933. The largest absolute Gasteiger partial charge is 0.489 e. The van der Waals surface area contributed by atoms with Gasteiger partial charge in [-0.25, -0.2) is 0 Å². The van der Waals surface area contributed by atoms with Crippen LogP contribution in [0.2, 0.25) is 0 Å². The van der Waals surface area contributed by atoms with E-state index in [2.05, 4.69) is 10.1 Å². The highest BCUT2D eigenvalue weighted by molar-refractivity contribution is 5.91. The molecule has 0 saturated carbocycles. The lowest BCUT2D eigenvalue weighted by Crippen LogP contribution is -2.46. The Kier molecular flexibility index (Phi) is 4.17. The van der Waals surface area contributed by atoms with Crippen LogP contribution < -0.4 is 4.74 Å². The molecule has 0 aromatic carbocycles. The molecule has 1 amide bonds. The molecule has 2 aliphatic rings. The maximum atomic E-state index is 12.5. The minimum Gasteiger partial charge on any atom is -0.489 e. The van der Waals surface area contributed by atoms with E-state index in [0.29, 0.717) is 13.2 Å². The van der Waals surface area contributed by atoms with Gasteiger partial charge in [-0.05, 0) is 31.4 Å². The zero-order chi connectivity index (χ0) is 16.4. The third-order valence-corrected chi connectivity index (χ3v) is 4.62. The fourth-order valence-electron chi connectivity index (χ4n) is 3.46. The van der Waals surface area contributed by atoms with E-state index in [9.17, 15) is 4.79 Å². The van der Waals surface area contributed by atoms with Gasteiger partial charge in [0.1, 0.15) is 12.4 Å². The molecule has 7 nitrogen and oxygen atoms in total. The van der Waals surface area contributed by atoms with Gasteiger partial charge in [0.05, 0.1) is 30.6 Å². The molecule has 24 heavy (non-hydrogen) atoms. The van der Waals surface area contributed by atoms with Crippen molar-refractivity contribution >= 4 is 5.91 Å².